The van der Waals surface area contributed by atoms with E-state index >= 15 is 0 Å². The molecular formula is C22H27NOS. The van der Waals surface area contributed by atoms with Crippen LogP contribution in [0, 0.1) is 6.92 Å². The molecule has 2 aromatic rings. The van der Waals surface area contributed by atoms with Gasteiger partial charge < -0.3 is 5.32 Å². The third-order valence-corrected chi connectivity index (χ3v) is 5.98. The Morgan fingerprint density at radius 1 is 1.12 bits per heavy atom. The molecule has 0 spiro atoms. The first-order valence-electron chi connectivity index (χ1n) is 9.17. The van der Waals surface area contributed by atoms with Gasteiger partial charge in [-0.05, 0) is 67.3 Å². The van der Waals surface area contributed by atoms with E-state index in [-0.39, 0.29) is 11.9 Å². The Morgan fingerprint density at radius 3 is 2.68 bits per heavy atom. The number of fused-ring (bicyclic) bond motifs is 1. The largest absolute Gasteiger partial charge is 0.349 e. The van der Waals surface area contributed by atoms with E-state index in [9.17, 15) is 4.79 Å². The summed E-state index contributed by atoms with van der Waals surface area (Å²) < 4.78 is 0. The van der Waals surface area contributed by atoms with Crippen molar-refractivity contribution in [2.24, 2.45) is 0 Å². The van der Waals surface area contributed by atoms with Crippen LogP contribution in [0.1, 0.15) is 53.6 Å². The second-order valence-electron chi connectivity index (χ2n) is 6.94. The van der Waals surface area contributed by atoms with E-state index < -0.39 is 0 Å². The zero-order valence-corrected chi connectivity index (χ0v) is 16.0. The van der Waals surface area contributed by atoms with Gasteiger partial charge in [0.15, 0.2) is 0 Å². The minimum Gasteiger partial charge on any atom is -0.349 e. The highest BCUT2D eigenvalue weighted by Crippen LogP contribution is 2.25. The van der Waals surface area contributed by atoms with E-state index in [4.69, 9.17) is 0 Å². The molecule has 0 heterocycles. The van der Waals surface area contributed by atoms with Crippen LogP contribution in [0.2, 0.25) is 0 Å². The maximum absolute atomic E-state index is 12.3. The highest BCUT2D eigenvalue weighted by Gasteiger charge is 2.14. The minimum absolute atomic E-state index is 0.0683. The van der Waals surface area contributed by atoms with Gasteiger partial charge in [0.1, 0.15) is 0 Å². The molecule has 1 atom stereocenters. The standard InChI is InChI=1S/C22H27NOS/c1-16-7-3-4-10-21(16)14-25-15-22(24)23-17(2)19-12-11-18-8-5-6-9-20(18)13-19/h3-4,7,10-13,17H,5-6,8-9,14-15H2,1-2H3,(H,23,24)/t17-/m0/s1. The lowest BCUT2D eigenvalue weighted by atomic mass is 9.89. The van der Waals surface area contributed by atoms with E-state index in [0.29, 0.717) is 5.75 Å². The summed E-state index contributed by atoms with van der Waals surface area (Å²) in [5, 5.41) is 3.14. The summed E-state index contributed by atoms with van der Waals surface area (Å²) >= 11 is 1.68. The molecule has 0 bridgehead atoms. The number of aryl methyl sites for hydroxylation is 3. The maximum atomic E-state index is 12.3. The third-order valence-electron chi connectivity index (χ3n) is 5.00. The molecule has 1 N–H and O–H groups in total. The molecule has 2 nitrogen and oxygen atoms in total. The zero-order valence-electron chi connectivity index (χ0n) is 15.2. The fourth-order valence-electron chi connectivity index (χ4n) is 3.41. The number of carbonyl (C=O) groups excluding carboxylic acids is 1. The molecule has 0 saturated heterocycles. The van der Waals surface area contributed by atoms with E-state index in [1.54, 1.807) is 11.8 Å². The van der Waals surface area contributed by atoms with E-state index in [1.165, 1.54) is 53.5 Å². The Morgan fingerprint density at radius 2 is 1.88 bits per heavy atom. The number of hydrogen-bond acceptors (Lipinski definition) is 2. The Labute approximate surface area is 155 Å². The molecule has 25 heavy (non-hydrogen) atoms. The van der Waals surface area contributed by atoms with Gasteiger partial charge in [-0.1, -0.05) is 42.5 Å². The van der Waals surface area contributed by atoms with Crippen LogP contribution in [0.25, 0.3) is 0 Å². The molecule has 0 aliphatic heterocycles. The molecule has 1 amide bonds. The quantitative estimate of drug-likeness (QED) is 0.793. The zero-order chi connectivity index (χ0) is 17.6. The lowest BCUT2D eigenvalue weighted by molar-refractivity contribution is -0.119. The summed E-state index contributed by atoms with van der Waals surface area (Å²) in [5.41, 5.74) is 6.78. The fourth-order valence-corrected chi connectivity index (χ4v) is 4.33. The summed E-state index contributed by atoms with van der Waals surface area (Å²) in [6, 6.07) is 15.1. The molecule has 3 rings (SSSR count). The second-order valence-corrected chi connectivity index (χ2v) is 7.93. The first-order valence-corrected chi connectivity index (χ1v) is 10.3. The molecule has 1 aliphatic rings. The second kappa shape index (κ2) is 8.57. The van der Waals surface area contributed by atoms with Crippen molar-refractivity contribution in [3.63, 3.8) is 0 Å². The molecule has 132 valence electrons. The Hall–Kier alpha value is -1.74. The summed E-state index contributed by atoms with van der Waals surface area (Å²) in [5.74, 6) is 1.50. The Kier molecular flexibility index (Phi) is 6.19. The van der Waals surface area contributed by atoms with Crippen LogP contribution in [0.15, 0.2) is 42.5 Å². The summed E-state index contributed by atoms with van der Waals surface area (Å²) in [6.07, 6.45) is 4.96. The molecule has 0 fully saturated rings. The predicted octanol–water partition coefficient (Wildman–Crippen LogP) is 4.98. The van der Waals surface area contributed by atoms with Crippen molar-refractivity contribution < 1.29 is 4.79 Å². The van der Waals surface area contributed by atoms with E-state index in [2.05, 4.69) is 61.6 Å². The van der Waals surface area contributed by atoms with E-state index in [1.807, 2.05) is 0 Å². The van der Waals surface area contributed by atoms with Crippen molar-refractivity contribution in [3.05, 3.63) is 70.3 Å². The van der Waals surface area contributed by atoms with Crippen molar-refractivity contribution in [2.45, 2.75) is 51.3 Å². The van der Waals surface area contributed by atoms with Gasteiger partial charge >= 0.3 is 0 Å². The van der Waals surface area contributed by atoms with Gasteiger partial charge in [0, 0.05) is 5.75 Å². The molecule has 2 aromatic carbocycles. The van der Waals surface area contributed by atoms with Gasteiger partial charge in [0.25, 0.3) is 0 Å². The summed E-state index contributed by atoms with van der Waals surface area (Å²) in [4.78, 5) is 12.3. The molecule has 0 unspecified atom stereocenters. The van der Waals surface area contributed by atoms with Gasteiger partial charge in [-0.25, -0.2) is 0 Å². The smallest absolute Gasteiger partial charge is 0.230 e. The monoisotopic (exact) mass is 353 g/mol. The Bertz CT molecular complexity index is 741. The summed E-state index contributed by atoms with van der Waals surface area (Å²) in [6.45, 7) is 4.20. The van der Waals surface area contributed by atoms with Gasteiger partial charge in [-0.2, -0.15) is 0 Å². The van der Waals surface area contributed by atoms with Crippen molar-refractivity contribution in [1.29, 1.82) is 0 Å². The van der Waals surface area contributed by atoms with Crippen LogP contribution in [0.5, 0.6) is 0 Å². The molecular weight excluding hydrogens is 326 g/mol. The average molecular weight is 354 g/mol. The molecule has 0 saturated carbocycles. The highest BCUT2D eigenvalue weighted by molar-refractivity contribution is 7.99. The minimum atomic E-state index is 0.0683. The molecule has 0 aromatic heterocycles. The number of rotatable bonds is 6. The van der Waals surface area contributed by atoms with Crippen LogP contribution in [-0.2, 0) is 23.4 Å². The van der Waals surface area contributed by atoms with Crippen LogP contribution in [-0.4, -0.2) is 11.7 Å². The number of thioether (sulfide) groups is 1. The molecule has 1 aliphatic carbocycles. The van der Waals surface area contributed by atoms with Gasteiger partial charge in [-0.3, -0.25) is 4.79 Å². The van der Waals surface area contributed by atoms with E-state index in [0.717, 1.165) is 5.75 Å². The number of nitrogens with one attached hydrogen (secondary N) is 1. The van der Waals surface area contributed by atoms with Crippen LogP contribution >= 0.6 is 11.8 Å². The van der Waals surface area contributed by atoms with Crippen molar-refractivity contribution in [3.8, 4) is 0 Å². The lowest BCUT2D eigenvalue weighted by Crippen LogP contribution is -2.28. The van der Waals surface area contributed by atoms with Crippen LogP contribution in [0.3, 0.4) is 0 Å². The van der Waals surface area contributed by atoms with Crippen molar-refractivity contribution in [1.82, 2.24) is 5.32 Å². The number of amides is 1. The lowest BCUT2D eigenvalue weighted by Gasteiger charge is -2.20. The highest BCUT2D eigenvalue weighted by atomic mass is 32.2. The van der Waals surface area contributed by atoms with Gasteiger partial charge in [0.05, 0.1) is 11.8 Å². The van der Waals surface area contributed by atoms with Crippen molar-refractivity contribution in [2.75, 3.05) is 5.75 Å². The molecule has 3 heteroatoms. The first-order chi connectivity index (χ1) is 12.1. The van der Waals surface area contributed by atoms with Crippen molar-refractivity contribution >= 4 is 17.7 Å². The van der Waals surface area contributed by atoms with Gasteiger partial charge in [-0.15, -0.1) is 11.8 Å². The maximum Gasteiger partial charge on any atom is 0.230 e. The molecule has 0 radical (unpaired) electrons. The van der Waals surface area contributed by atoms with Crippen LogP contribution in [0.4, 0.5) is 0 Å². The first kappa shape index (κ1) is 18.1. The predicted molar refractivity (Wildman–Crippen MR) is 107 cm³/mol. The van der Waals surface area contributed by atoms with Gasteiger partial charge in [0.2, 0.25) is 5.91 Å². The Balaban J connectivity index is 1.50. The normalized spacial score (nSPS) is 14.6. The third kappa shape index (κ3) is 4.88. The fraction of sp³-hybridized carbons (Fsp3) is 0.409. The number of hydrogen-bond donors (Lipinski definition) is 1. The number of benzene rings is 2. The van der Waals surface area contributed by atoms with Crippen LogP contribution < -0.4 is 5.32 Å². The average Bonchev–Trinajstić information content (AvgIpc) is 2.63. The summed E-state index contributed by atoms with van der Waals surface area (Å²) in [7, 11) is 0. The SMILES string of the molecule is Cc1ccccc1CSCC(=O)N[C@@H](C)c1ccc2c(c1)CCCC2. The topological polar surface area (TPSA) is 29.1 Å². The number of carbonyl (C=O) groups is 1.